The third-order valence-corrected chi connectivity index (χ3v) is 4.02. The molecule has 1 amide bonds. The number of rotatable bonds is 5. The lowest BCUT2D eigenvalue weighted by atomic mass is 10.1. The molecule has 2 aromatic rings. The van der Waals surface area contributed by atoms with Crippen LogP contribution in [-0.2, 0) is 16.5 Å². The van der Waals surface area contributed by atoms with Crippen LogP contribution in [0.1, 0.15) is 30.9 Å². The van der Waals surface area contributed by atoms with Crippen molar-refractivity contribution in [1.82, 2.24) is 19.7 Å². The SMILES string of the molecule is Cn1ncc(-c2ncc(C(OC3CCCCO3)C(F)(F)F)cn2)c1OC(N)=O. The average Bonchev–Trinajstić information content (AvgIpc) is 3.00. The van der Waals surface area contributed by atoms with Gasteiger partial charge in [-0.1, -0.05) is 0 Å². The first-order chi connectivity index (χ1) is 13.3. The molecule has 9 nitrogen and oxygen atoms in total. The Hall–Kier alpha value is -2.73. The summed E-state index contributed by atoms with van der Waals surface area (Å²) in [5, 5.41) is 3.90. The quantitative estimate of drug-likeness (QED) is 0.818. The van der Waals surface area contributed by atoms with E-state index in [0.29, 0.717) is 13.0 Å². The van der Waals surface area contributed by atoms with Crippen molar-refractivity contribution in [2.45, 2.75) is 37.8 Å². The van der Waals surface area contributed by atoms with Gasteiger partial charge in [-0.25, -0.2) is 19.4 Å². The number of nitrogens with two attached hydrogens (primary N) is 1. The Bertz CT molecular complexity index is 819. The lowest BCUT2D eigenvalue weighted by molar-refractivity contribution is -0.282. The van der Waals surface area contributed by atoms with Crippen molar-refractivity contribution in [3.63, 3.8) is 0 Å². The predicted octanol–water partition coefficient (Wildman–Crippen LogP) is 2.48. The molecule has 2 N–H and O–H groups in total. The fraction of sp³-hybridized carbons (Fsp3) is 0.500. The lowest BCUT2D eigenvalue weighted by Gasteiger charge is -2.28. The topological polar surface area (TPSA) is 114 Å². The van der Waals surface area contributed by atoms with Gasteiger partial charge in [-0.05, 0) is 19.3 Å². The molecule has 0 radical (unpaired) electrons. The number of carbonyl (C=O) groups is 1. The van der Waals surface area contributed by atoms with E-state index >= 15 is 0 Å². The van der Waals surface area contributed by atoms with Crippen molar-refractivity contribution in [2.75, 3.05) is 6.61 Å². The van der Waals surface area contributed by atoms with Crippen molar-refractivity contribution >= 4 is 6.09 Å². The largest absolute Gasteiger partial charge is 0.419 e. The molecular weight excluding hydrogens is 383 g/mol. The fourth-order valence-corrected chi connectivity index (χ4v) is 2.72. The minimum atomic E-state index is -4.67. The Labute approximate surface area is 157 Å². The highest BCUT2D eigenvalue weighted by Crippen LogP contribution is 2.38. The van der Waals surface area contributed by atoms with E-state index in [2.05, 4.69) is 15.1 Å². The van der Waals surface area contributed by atoms with Crippen LogP contribution in [0.2, 0.25) is 0 Å². The number of aromatic nitrogens is 4. The minimum Gasteiger partial charge on any atom is -0.391 e. The summed E-state index contributed by atoms with van der Waals surface area (Å²) in [7, 11) is 1.49. The highest BCUT2D eigenvalue weighted by atomic mass is 19.4. The van der Waals surface area contributed by atoms with Crippen molar-refractivity contribution in [1.29, 1.82) is 0 Å². The fourth-order valence-electron chi connectivity index (χ4n) is 2.72. The van der Waals surface area contributed by atoms with Crippen molar-refractivity contribution in [3.05, 3.63) is 24.2 Å². The van der Waals surface area contributed by atoms with E-state index < -0.39 is 24.7 Å². The summed E-state index contributed by atoms with van der Waals surface area (Å²) in [5.41, 5.74) is 4.93. The standard InChI is InChI=1S/C16H18F3N5O4/c1-24-14(28-15(20)25)10(8-23-24)13-21-6-9(7-22-13)12(16(17,18)19)27-11-4-2-3-5-26-11/h6-8,11-12H,2-5H2,1H3,(H2,20,25). The van der Waals surface area contributed by atoms with Gasteiger partial charge in [0.2, 0.25) is 5.88 Å². The maximum Gasteiger partial charge on any atom is 0.419 e. The van der Waals surface area contributed by atoms with Gasteiger partial charge in [0.05, 0.1) is 6.20 Å². The van der Waals surface area contributed by atoms with E-state index in [1.807, 2.05) is 0 Å². The Morgan fingerprint density at radius 1 is 1.32 bits per heavy atom. The highest BCUT2D eigenvalue weighted by molar-refractivity contribution is 5.71. The number of primary amides is 1. The van der Waals surface area contributed by atoms with Gasteiger partial charge in [0.1, 0.15) is 5.56 Å². The summed E-state index contributed by atoms with van der Waals surface area (Å²) in [5.74, 6) is -0.0117. The van der Waals surface area contributed by atoms with Crippen LogP contribution in [0.4, 0.5) is 18.0 Å². The maximum absolute atomic E-state index is 13.5. The Balaban J connectivity index is 1.84. The molecule has 0 aromatic carbocycles. The molecule has 0 bridgehead atoms. The number of carbonyl (C=O) groups excluding carboxylic acids is 1. The third-order valence-electron chi connectivity index (χ3n) is 4.02. The van der Waals surface area contributed by atoms with Crippen molar-refractivity contribution < 1.29 is 32.2 Å². The number of nitrogens with zero attached hydrogens (tertiary/aromatic N) is 4. The van der Waals surface area contributed by atoms with Gasteiger partial charge < -0.3 is 19.9 Å². The first-order valence-electron chi connectivity index (χ1n) is 8.41. The van der Waals surface area contributed by atoms with Crippen LogP contribution in [0.25, 0.3) is 11.4 Å². The average molecular weight is 401 g/mol. The molecule has 1 aliphatic rings. The molecule has 0 spiro atoms. The van der Waals surface area contributed by atoms with Crippen LogP contribution in [0, 0.1) is 0 Å². The van der Waals surface area contributed by atoms with Crippen LogP contribution < -0.4 is 10.5 Å². The van der Waals surface area contributed by atoms with Gasteiger partial charge in [-0.3, -0.25) is 0 Å². The number of ether oxygens (including phenoxy) is 3. The molecule has 1 fully saturated rings. The van der Waals surface area contributed by atoms with Gasteiger partial charge in [-0.2, -0.15) is 18.3 Å². The Morgan fingerprint density at radius 2 is 2.04 bits per heavy atom. The molecular formula is C16H18F3N5O4. The first-order valence-corrected chi connectivity index (χ1v) is 8.41. The smallest absolute Gasteiger partial charge is 0.391 e. The van der Waals surface area contributed by atoms with E-state index in [-0.39, 0.29) is 22.8 Å². The summed E-state index contributed by atoms with van der Waals surface area (Å²) in [4.78, 5) is 18.9. The number of aryl methyl sites for hydroxylation is 1. The van der Waals surface area contributed by atoms with Gasteiger partial charge in [0.15, 0.2) is 18.2 Å². The molecule has 2 atom stereocenters. The molecule has 0 aliphatic carbocycles. The highest BCUT2D eigenvalue weighted by Gasteiger charge is 2.44. The zero-order valence-electron chi connectivity index (χ0n) is 14.8. The normalized spacial score (nSPS) is 18.6. The molecule has 12 heteroatoms. The maximum atomic E-state index is 13.5. The molecule has 1 aliphatic heterocycles. The van der Waals surface area contributed by atoms with E-state index in [0.717, 1.165) is 25.2 Å². The van der Waals surface area contributed by atoms with Crippen LogP contribution in [0.5, 0.6) is 5.88 Å². The number of hydrogen-bond acceptors (Lipinski definition) is 7. The van der Waals surface area contributed by atoms with Crippen molar-refractivity contribution in [3.8, 4) is 17.3 Å². The zero-order chi connectivity index (χ0) is 20.3. The molecule has 28 heavy (non-hydrogen) atoms. The van der Waals surface area contributed by atoms with Gasteiger partial charge in [0, 0.05) is 31.6 Å². The zero-order valence-corrected chi connectivity index (χ0v) is 14.8. The van der Waals surface area contributed by atoms with E-state index in [4.69, 9.17) is 19.9 Å². The molecule has 2 unspecified atom stereocenters. The second-order valence-electron chi connectivity index (χ2n) is 6.10. The van der Waals surface area contributed by atoms with Gasteiger partial charge >= 0.3 is 12.3 Å². The van der Waals surface area contributed by atoms with E-state index in [1.54, 1.807) is 0 Å². The first kappa shape index (κ1) is 20.0. The Morgan fingerprint density at radius 3 is 2.61 bits per heavy atom. The summed E-state index contributed by atoms with van der Waals surface area (Å²) >= 11 is 0. The molecule has 0 saturated carbocycles. The minimum absolute atomic E-state index is 0.0166. The van der Waals surface area contributed by atoms with Crippen molar-refractivity contribution in [2.24, 2.45) is 12.8 Å². The summed E-state index contributed by atoms with van der Waals surface area (Å²) < 4.78 is 56.9. The van der Waals surface area contributed by atoms with Crippen LogP contribution in [0.3, 0.4) is 0 Å². The number of amides is 1. The summed E-state index contributed by atoms with van der Waals surface area (Å²) in [6, 6.07) is 0. The number of alkyl halides is 3. The molecule has 3 heterocycles. The summed E-state index contributed by atoms with van der Waals surface area (Å²) in [6.45, 7) is 0.355. The molecule has 2 aromatic heterocycles. The second-order valence-corrected chi connectivity index (χ2v) is 6.10. The van der Waals surface area contributed by atoms with Crippen LogP contribution >= 0.6 is 0 Å². The Kier molecular flexibility index (Phi) is 5.79. The number of halogens is 3. The third kappa shape index (κ3) is 4.57. The van der Waals surface area contributed by atoms with Gasteiger partial charge in [-0.15, -0.1) is 0 Å². The number of hydrogen-bond donors (Lipinski definition) is 1. The molecule has 1 saturated heterocycles. The molecule has 152 valence electrons. The van der Waals surface area contributed by atoms with E-state index in [9.17, 15) is 18.0 Å². The monoisotopic (exact) mass is 401 g/mol. The summed E-state index contributed by atoms with van der Waals surface area (Å²) in [6.07, 6.45) is -3.68. The molecule has 3 rings (SSSR count). The second kappa shape index (κ2) is 8.10. The van der Waals surface area contributed by atoms with Crippen LogP contribution in [0.15, 0.2) is 18.6 Å². The van der Waals surface area contributed by atoms with Crippen LogP contribution in [-0.4, -0.2) is 44.9 Å². The predicted molar refractivity (Wildman–Crippen MR) is 87.9 cm³/mol. The van der Waals surface area contributed by atoms with E-state index in [1.165, 1.54) is 17.9 Å². The lowest BCUT2D eigenvalue weighted by Crippen LogP contribution is -2.31. The van der Waals surface area contributed by atoms with Gasteiger partial charge in [0.25, 0.3) is 0 Å².